The minimum absolute atomic E-state index is 0.0401. The van der Waals surface area contributed by atoms with Crippen molar-refractivity contribution in [3.05, 3.63) is 89.2 Å². The van der Waals surface area contributed by atoms with Gasteiger partial charge in [0.2, 0.25) is 5.91 Å². The van der Waals surface area contributed by atoms with Crippen molar-refractivity contribution in [3.8, 4) is 0 Å². The Labute approximate surface area is 187 Å². The van der Waals surface area contributed by atoms with Gasteiger partial charge in [0, 0.05) is 12.4 Å². The Morgan fingerprint density at radius 3 is 2.52 bits per heavy atom. The van der Waals surface area contributed by atoms with E-state index in [0.717, 1.165) is 32.9 Å². The third kappa shape index (κ3) is 4.83. The molecule has 4 aromatic rings. The highest BCUT2D eigenvalue weighted by Gasteiger charge is 2.21. The lowest BCUT2D eigenvalue weighted by molar-refractivity contribution is -0.118. The third-order valence-corrected chi connectivity index (χ3v) is 6.51. The Morgan fingerprint density at radius 1 is 1.03 bits per heavy atom. The molecular formula is C26H27N3OS. The highest BCUT2D eigenvalue weighted by atomic mass is 32.1. The minimum Gasteiger partial charge on any atom is -0.283 e. The van der Waals surface area contributed by atoms with Crippen molar-refractivity contribution in [3.63, 3.8) is 0 Å². The van der Waals surface area contributed by atoms with Gasteiger partial charge in [0.25, 0.3) is 0 Å². The van der Waals surface area contributed by atoms with Crippen molar-refractivity contribution in [1.29, 1.82) is 0 Å². The number of pyridine rings is 1. The molecule has 0 spiro atoms. The second kappa shape index (κ2) is 9.40. The maximum atomic E-state index is 13.4. The minimum atomic E-state index is 0.0401. The van der Waals surface area contributed by atoms with Gasteiger partial charge in [-0.25, -0.2) is 4.98 Å². The van der Waals surface area contributed by atoms with Crippen LogP contribution in [0.15, 0.2) is 67.0 Å². The molecule has 0 aliphatic heterocycles. The molecule has 0 saturated carbocycles. The number of hydrogen-bond acceptors (Lipinski definition) is 4. The number of benzene rings is 2. The maximum Gasteiger partial charge on any atom is 0.233 e. The van der Waals surface area contributed by atoms with Gasteiger partial charge in [0.1, 0.15) is 0 Å². The second-order valence-electron chi connectivity index (χ2n) is 8.03. The molecule has 4 rings (SSSR count). The van der Waals surface area contributed by atoms with Gasteiger partial charge in [-0.2, -0.15) is 0 Å². The lowest BCUT2D eigenvalue weighted by atomic mass is 10.0. The van der Waals surface area contributed by atoms with Crippen LogP contribution in [0.2, 0.25) is 0 Å². The van der Waals surface area contributed by atoms with Crippen LogP contribution in [-0.2, 0) is 24.2 Å². The highest BCUT2D eigenvalue weighted by molar-refractivity contribution is 7.22. The molecule has 2 heterocycles. The van der Waals surface area contributed by atoms with Crippen LogP contribution in [-0.4, -0.2) is 15.9 Å². The van der Waals surface area contributed by atoms with E-state index in [4.69, 9.17) is 4.98 Å². The first-order valence-electron chi connectivity index (χ1n) is 10.7. The quantitative estimate of drug-likeness (QED) is 0.354. The van der Waals surface area contributed by atoms with Crippen LogP contribution in [0.25, 0.3) is 10.2 Å². The Kier molecular flexibility index (Phi) is 6.42. The molecule has 31 heavy (non-hydrogen) atoms. The van der Waals surface area contributed by atoms with E-state index in [-0.39, 0.29) is 5.91 Å². The zero-order valence-corrected chi connectivity index (χ0v) is 19.0. The fraction of sp³-hybridized carbons (Fsp3) is 0.269. The Balaban J connectivity index is 1.66. The summed E-state index contributed by atoms with van der Waals surface area (Å²) in [6.07, 6.45) is 4.81. The fourth-order valence-corrected chi connectivity index (χ4v) is 4.65. The zero-order valence-electron chi connectivity index (χ0n) is 18.2. The van der Waals surface area contributed by atoms with E-state index >= 15 is 0 Å². The standard InChI is InChI=1S/C26H27N3OS/c1-4-21-8-5-9-23-25(21)28-26(31-23)29(17-20-7-6-14-27-16-20)24(30)15-19-10-12-22(13-11-19)18(2)3/h5-14,16,18H,4,15,17H2,1-3H3. The Bertz CT molecular complexity index is 1170. The molecule has 4 nitrogen and oxygen atoms in total. The number of thiazole rings is 1. The maximum absolute atomic E-state index is 13.4. The molecule has 1 amide bonds. The van der Waals surface area contributed by atoms with E-state index in [1.54, 1.807) is 22.4 Å². The van der Waals surface area contributed by atoms with E-state index in [9.17, 15) is 4.79 Å². The van der Waals surface area contributed by atoms with Gasteiger partial charge < -0.3 is 0 Å². The first-order valence-corrected chi connectivity index (χ1v) is 11.5. The summed E-state index contributed by atoms with van der Waals surface area (Å²) >= 11 is 1.57. The van der Waals surface area contributed by atoms with Crippen molar-refractivity contribution >= 4 is 32.6 Å². The first kappa shape index (κ1) is 21.2. The van der Waals surface area contributed by atoms with E-state index in [0.29, 0.717) is 18.9 Å². The molecule has 158 valence electrons. The molecule has 5 heteroatoms. The summed E-state index contributed by atoms with van der Waals surface area (Å²) in [4.78, 5) is 24.3. The lowest BCUT2D eigenvalue weighted by Crippen LogP contribution is -2.31. The Hall–Kier alpha value is -3.05. The summed E-state index contributed by atoms with van der Waals surface area (Å²) in [7, 11) is 0. The number of anilines is 1. The molecule has 0 N–H and O–H groups in total. The van der Waals surface area contributed by atoms with Crippen LogP contribution in [0.3, 0.4) is 0 Å². The van der Waals surface area contributed by atoms with E-state index in [1.165, 1.54) is 11.1 Å². The van der Waals surface area contributed by atoms with Crippen LogP contribution in [0.1, 0.15) is 48.9 Å². The predicted molar refractivity (Wildman–Crippen MR) is 129 cm³/mol. The van der Waals surface area contributed by atoms with Crippen molar-refractivity contribution in [2.24, 2.45) is 0 Å². The number of para-hydroxylation sites is 1. The largest absolute Gasteiger partial charge is 0.283 e. The first-order chi connectivity index (χ1) is 15.0. The van der Waals surface area contributed by atoms with Crippen LogP contribution in [0, 0.1) is 0 Å². The van der Waals surface area contributed by atoms with E-state index < -0.39 is 0 Å². The number of carbonyl (C=O) groups is 1. The number of aromatic nitrogens is 2. The van der Waals surface area contributed by atoms with Gasteiger partial charge in [-0.15, -0.1) is 0 Å². The van der Waals surface area contributed by atoms with Crippen molar-refractivity contribution in [2.75, 3.05) is 4.90 Å². The van der Waals surface area contributed by atoms with Crippen molar-refractivity contribution in [2.45, 2.75) is 46.1 Å². The van der Waals surface area contributed by atoms with Gasteiger partial charge in [-0.1, -0.05) is 74.6 Å². The topological polar surface area (TPSA) is 46.1 Å². The molecular weight excluding hydrogens is 402 g/mol. The molecule has 0 aliphatic rings. The van der Waals surface area contributed by atoms with Crippen molar-refractivity contribution in [1.82, 2.24) is 9.97 Å². The number of nitrogens with zero attached hydrogens (tertiary/aromatic N) is 3. The average Bonchev–Trinajstić information content (AvgIpc) is 3.22. The molecule has 2 aromatic carbocycles. The average molecular weight is 430 g/mol. The Morgan fingerprint density at radius 2 is 1.84 bits per heavy atom. The normalized spacial score (nSPS) is 11.2. The monoisotopic (exact) mass is 429 g/mol. The number of fused-ring (bicyclic) bond motifs is 1. The number of amides is 1. The highest BCUT2D eigenvalue weighted by Crippen LogP contribution is 2.32. The van der Waals surface area contributed by atoms with Crippen LogP contribution < -0.4 is 4.90 Å². The lowest BCUT2D eigenvalue weighted by Gasteiger charge is -2.20. The number of carbonyl (C=O) groups excluding carboxylic acids is 1. The zero-order chi connectivity index (χ0) is 21.8. The number of rotatable bonds is 7. The summed E-state index contributed by atoms with van der Waals surface area (Å²) < 4.78 is 1.11. The van der Waals surface area contributed by atoms with Crippen LogP contribution in [0.5, 0.6) is 0 Å². The van der Waals surface area contributed by atoms with Crippen LogP contribution >= 0.6 is 11.3 Å². The number of hydrogen-bond donors (Lipinski definition) is 0. The summed E-state index contributed by atoms with van der Waals surface area (Å²) in [5.74, 6) is 0.514. The molecule has 0 bridgehead atoms. The molecule has 0 unspecified atom stereocenters. The molecule has 0 fully saturated rings. The molecule has 0 aliphatic carbocycles. The van der Waals surface area contributed by atoms with Gasteiger partial charge in [-0.05, 0) is 46.7 Å². The van der Waals surface area contributed by atoms with Crippen molar-refractivity contribution < 1.29 is 4.79 Å². The molecule has 0 saturated heterocycles. The summed E-state index contributed by atoms with van der Waals surface area (Å²) in [5.41, 5.74) is 5.48. The van der Waals surface area contributed by atoms with Gasteiger partial charge >= 0.3 is 0 Å². The summed E-state index contributed by atoms with van der Waals surface area (Å²) in [6.45, 7) is 6.94. The van der Waals surface area contributed by atoms with Gasteiger partial charge in [0.15, 0.2) is 5.13 Å². The van der Waals surface area contributed by atoms with Crippen LogP contribution in [0.4, 0.5) is 5.13 Å². The number of aryl methyl sites for hydroxylation is 1. The molecule has 0 atom stereocenters. The smallest absolute Gasteiger partial charge is 0.233 e. The fourth-order valence-electron chi connectivity index (χ4n) is 3.62. The summed E-state index contributed by atoms with van der Waals surface area (Å²) in [5, 5.41) is 0.739. The third-order valence-electron chi connectivity index (χ3n) is 5.47. The van der Waals surface area contributed by atoms with E-state index in [2.05, 4.69) is 68.2 Å². The second-order valence-corrected chi connectivity index (χ2v) is 9.04. The van der Waals surface area contributed by atoms with E-state index in [1.807, 2.05) is 18.3 Å². The van der Waals surface area contributed by atoms with Gasteiger partial charge in [-0.3, -0.25) is 14.7 Å². The molecule has 2 aromatic heterocycles. The SMILES string of the molecule is CCc1cccc2sc(N(Cc3cccnc3)C(=O)Cc3ccc(C(C)C)cc3)nc12. The molecule has 0 radical (unpaired) electrons. The van der Waals surface area contributed by atoms with Gasteiger partial charge in [0.05, 0.1) is 23.2 Å². The summed E-state index contributed by atoms with van der Waals surface area (Å²) in [6, 6.07) is 18.5. The predicted octanol–water partition coefficient (Wildman–Crippen LogP) is 6.15.